The summed E-state index contributed by atoms with van der Waals surface area (Å²) in [5.41, 5.74) is 8.95. The molecule has 6 N–H and O–H groups in total. The third kappa shape index (κ3) is 50.9. The molecule has 0 saturated heterocycles. The van der Waals surface area contributed by atoms with Crippen LogP contribution in [0.3, 0.4) is 0 Å². The number of aryl methyl sites for hydroxylation is 1. The smallest absolute Gasteiger partial charge is 0.382 e. The number of halogens is 29. The van der Waals surface area contributed by atoms with E-state index < -0.39 is 84.1 Å². The molecular formula is C73H76Br5Cl6F10I8N4O5V-. The molecule has 0 bridgehead atoms. The van der Waals surface area contributed by atoms with Crippen molar-refractivity contribution in [1.82, 2.24) is 10.6 Å². The minimum Gasteiger partial charge on any atom is -0.461 e. The predicted octanol–water partition coefficient (Wildman–Crippen LogP) is 32.1. The molecule has 0 fully saturated rings. The Labute approximate surface area is 843 Å². The van der Waals surface area contributed by atoms with Crippen LogP contribution in [0.4, 0.5) is 43.9 Å². The van der Waals surface area contributed by atoms with E-state index in [-0.39, 0.29) is 81.8 Å². The molecule has 0 spiro atoms. The number of benzene rings is 8. The minimum absolute atomic E-state index is 0. The Morgan fingerprint density at radius 1 is 0.473 bits per heavy atom. The second-order valence-electron chi connectivity index (χ2n) is 19.0. The van der Waals surface area contributed by atoms with Crippen LogP contribution >= 0.6 is 330 Å². The number of rotatable bonds is 15. The number of hydrogen-bond donors (Lipinski definition) is 4. The van der Waals surface area contributed by atoms with Crippen molar-refractivity contribution in [2.45, 2.75) is 85.9 Å². The number of primary amides is 1. The zero-order valence-corrected chi connectivity index (χ0v) is 89.2. The molecule has 39 heteroatoms. The van der Waals surface area contributed by atoms with Crippen molar-refractivity contribution in [3.63, 3.8) is 0 Å². The van der Waals surface area contributed by atoms with Gasteiger partial charge < -0.3 is 49.4 Å². The Morgan fingerprint density at radius 2 is 0.732 bits per heavy atom. The first-order valence-corrected chi connectivity index (χ1v) is 47.8. The van der Waals surface area contributed by atoms with Gasteiger partial charge in [-0.2, -0.15) is 43.9 Å². The Bertz CT molecular complexity index is 3890. The van der Waals surface area contributed by atoms with Crippen molar-refractivity contribution in [3.8, 4) is 0 Å². The molecule has 0 unspecified atom stereocenters. The zero-order valence-electron chi connectivity index (χ0n) is 58.1. The largest absolute Gasteiger partial charge is 0.461 e. The molecular weight excluding hydrogens is 2880 g/mol. The van der Waals surface area contributed by atoms with Crippen LogP contribution in [-0.4, -0.2) is 57.2 Å². The van der Waals surface area contributed by atoms with Gasteiger partial charge in [-0.3, -0.25) is 19.3 Å². The Morgan fingerprint density at radius 3 is 0.991 bits per heavy atom. The molecule has 112 heavy (non-hydrogen) atoms. The maximum Gasteiger partial charge on any atom is 0.382 e. The molecule has 0 aromatic heterocycles. The van der Waals surface area contributed by atoms with Gasteiger partial charge in [0.2, 0.25) is 0 Å². The molecule has 1 radical (unpaired) electrons. The Hall–Kier alpha value is 1.46. The van der Waals surface area contributed by atoms with Gasteiger partial charge in [-0.25, -0.2) is 4.79 Å². The third-order valence-corrected chi connectivity index (χ3v) is 17.3. The first-order valence-electron chi connectivity index (χ1n) is 30.0. The molecule has 627 valence electrons. The van der Waals surface area contributed by atoms with E-state index in [1.54, 1.807) is 73.7 Å². The Kier molecular flexibility index (Phi) is 77.8. The minimum atomic E-state index is -3.74. The van der Waals surface area contributed by atoms with E-state index in [2.05, 4.69) is 264 Å². The number of nitrogens with two attached hydrogens (primary N) is 2. The van der Waals surface area contributed by atoms with E-state index in [9.17, 15) is 63.1 Å². The van der Waals surface area contributed by atoms with Gasteiger partial charge in [0.1, 0.15) is -0.0619 Å². The van der Waals surface area contributed by atoms with Gasteiger partial charge in [0.05, 0.1) is 64.4 Å². The van der Waals surface area contributed by atoms with Crippen molar-refractivity contribution in [2.75, 3.05) is 33.6 Å². The van der Waals surface area contributed by atoms with E-state index in [4.69, 9.17) is 75.3 Å². The number of esters is 1. The fourth-order valence-corrected chi connectivity index (χ4v) is 11.6. The molecule has 0 aliphatic heterocycles. The molecule has 8 rings (SSSR count). The van der Waals surface area contributed by atoms with Gasteiger partial charge >= 0.3 is 17.8 Å². The van der Waals surface area contributed by atoms with Crippen LogP contribution in [0.2, 0.25) is 30.1 Å². The van der Waals surface area contributed by atoms with E-state index in [1.807, 2.05) is 73.4 Å². The Balaban J connectivity index is -0.000000230. The molecule has 0 aliphatic carbocycles. The molecule has 9 nitrogen and oxygen atoms in total. The molecule has 0 saturated carbocycles. The standard InChI is InChI=1S/C16H14ClF2NO.C15H11BrClF2NO.C10H8BrClF2O2.C8H5BrClF2NO.C8H7BrClF2N.C6H3BrClI.2C2H6.CHI3.CH2I2.CH3I.CH2I.2CH4.V/c1-11-7-8-13(14(17)9-11)16(18,19)10-20-15(21)12-5-3-2-4-6-12;16-11-6-7-12(13(17)8-11)15(18,19)9-20-14(21)10-4-2-1-3-5-10;1-2-16-9(15)10(13,14)7-4-3-6(11)5-8(7)12;9-4-1-2-5(6(10)3-4)8(11,12)7(13)14;9-5-1-2-6(7(10)3-5)8(11,12)4-13;7-4-1-2-6(9)5(8)3-4;2*1-2;2-1(3)4;2-1-3;2*1-2;;;/h2-9H,10H2,1H3,(H,20,21);1-8H,9H2,(H,20,21);3-5H,2H2,1H3;1-3H,(H2,13,14);1-3H,4,13H2;1-3H;2*1-2H3;1H;1H2;1H3;1H2;2*1H4;/q;;;;;;;;;;;-1;;;. The molecule has 0 aliphatic rings. The first kappa shape index (κ1) is 127. The second-order valence-corrected chi connectivity index (χ2v) is 42.6. The quantitative estimate of drug-likeness (QED) is 0.0200. The summed E-state index contributed by atoms with van der Waals surface area (Å²) in [6.45, 7) is 8.75. The zero-order chi connectivity index (χ0) is 85.4. The molecule has 3 amide bonds. The summed E-state index contributed by atoms with van der Waals surface area (Å²) in [6, 6.07) is 42.3. The van der Waals surface area contributed by atoms with Crippen molar-refractivity contribution >= 4 is 354 Å². The van der Waals surface area contributed by atoms with Crippen LogP contribution in [0.15, 0.2) is 192 Å². The average molecular weight is 2960 g/mol. The second kappa shape index (κ2) is 68.8. The third-order valence-electron chi connectivity index (χ3n) is 11.7. The maximum atomic E-state index is 14.1. The van der Waals surface area contributed by atoms with Gasteiger partial charge in [0.15, 0.2) is 0 Å². The number of carbonyl (C=O) groups excluding carboxylic acids is 4. The van der Waals surface area contributed by atoms with Crippen molar-refractivity contribution in [1.29, 1.82) is 0 Å². The molecule has 0 heterocycles. The normalized spacial score (nSPS) is 10.1. The average Bonchev–Trinajstić information content (AvgIpc) is 1.08. The summed E-state index contributed by atoms with van der Waals surface area (Å²) in [5, 5.41) is 4.82. The van der Waals surface area contributed by atoms with Crippen molar-refractivity contribution in [3.05, 3.63) is 275 Å². The van der Waals surface area contributed by atoms with Crippen molar-refractivity contribution < 1.29 is 86.4 Å². The fraction of sp³-hybridized carbons (Fsp3) is 0.274. The number of hydrogen-bond acceptors (Lipinski definition) is 6. The monoisotopic (exact) mass is 2950 g/mol. The van der Waals surface area contributed by atoms with E-state index >= 15 is 0 Å². The number of amides is 3. The van der Waals surface area contributed by atoms with Crippen LogP contribution in [0, 0.1) is 15.4 Å². The summed E-state index contributed by atoms with van der Waals surface area (Å²) in [6.07, 6.45) is 0. The summed E-state index contributed by atoms with van der Waals surface area (Å²) in [4.78, 5) is 50.3. The molecule has 8 aromatic carbocycles. The molecule has 0 atom stereocenters. The van der Waals surface area contributed by atoms with Crippen LogP contribution in [0.25, 0.3) is 0 Å². The SMILES string of the molecule is C.C.CC.CC.CCOC(=O)C(F)(F)c1ccc(Br)cc1Cl.CI.Cc1ccc(C(F)(F)CNC(=O)c2ccccc2)c(Cl)c1.Clc1cc(Br)ccc1I.IC(I)I.ICI.NC(=O)C(F)(F)c1ccc(Br)cc1Cl.NCC(F)(F)c1ccc(Br)cc1Cl.O=C(NCC(F)(F)c1ccc(Br)cc1Cl)c1ccccc1.[CH2-]I.[V]. The van der Waals surface area contributed by atoms with Crippen molar-refractivity contribution in [2.24, 2.45) is 11.5 Å². The van der Waals surface area contributed by atoms with Crippen LogP contribution in [-0.2, 0) is 62.5 Å². The summed E-state index contributed by atoms with van der Waals surface area (Å²) in [5.74, 6) is -21.4. The van der Waals surface area contributed by atoms with Crippen LogP contribution in [0.5, 0.6) is 0 Å². The summed E-state index contributed by atoms with van der Waals surface area (Å²) < 4.78 is 147. The van der Waals surface area contributed by atoms with Gasteiger partial charge in [-0.1, -0.05) is 388 Å². The number of carbonyl (C=O) groups is 4. The van der Waals surface area contributed by atoms with E-state index in [0.29, 0.717) is 29.0 Å². The number of alkyl halides is 16. The topological polar surface area (TPSA) is 154 Å². The van der Waals surface area contributed by atoms with E-state index in [0.717, 1.165) is 30.7 Å². The summed E-state index contributed by atoms with van der Waals surface area (Å²) >= 11 is 67.7. The fourth-order valence-electron chi connectivity index (χ4n) is 6.98. The van der Waals surface area contributed by atoms with E-state index in [1.165, 1.54) is 82.2 Å². The van der Waals surface area contributed by atoms with Gasteiger partial charge in [0.25, 0.3) is 35.5 Å². The number of nitrogens with one attached hydrogen (secondary N) is 2. The maximum absolute atomic E-state index is 14.1. The van der Waals surface area contributed by atoms with Gasteiger partial charge in [-0.15, -0.1) is 0 Å². The van der Waals surface area contributed by atoms with Gasteiger partial charge in [0, 0.05) is 77.9 Å². The van der Waals surface area contributed by atoms with Crippen LogP contribution in [0.1, 0.15) is 104 Å². The summed E-state index contributed by atoms with van der Waals surface area (Å²) in [7, 11) is 0. The molecule has 8 aromatic rings. The van der Waals surface area contributed by atoms with Crippen LogP contribution < -0.4 is 22.1 Å². The van der Waals surface area contributed by atoms with Gasteiger partial charge in [-0.05, 0) is 156 Å². The predicted molar refractivity (Wildman–Crippen MR) is 531 cm³/mol. The number of ether oxygens (including phenoxy) is 1. The first-order chi connectivity index (χ1) is 50.9.